The van der Waals surface area contributed by atoms with Gasteiger partial charge in [0.05, 0.1) is 21.7 Å². The van der Waals surface area contributed by atoms with Crippen LogP contribution in [0.1, 0.15) is 50.3 Å². The zero-order chi connectivity index (χ0) is 24.6. The number of hydrogen-bond acceptors (Lipinski definition) is 5. The van der Waals surface area contributed by atoms with Gasteiger partial charge in [-0.3, -0.25) is 14.4 Å². The van der Waals surface area contributed by atoms with Crippen LogP contribution >= 0.6 is 0 Å². The second kappa shape index (κ2) is 9.09. The molecule has 9 heteroatoms. The monoisotopic (exact) mass is 489 g/mol. The van der Waals surface area contributed by atoms with E-state index in [1.807, 2.05) is 0 Å². The van der Waals surface area contributed by atoms with Gasteiger partial charge in [-0.25, -0.2) is 13.3 Å². The molecule has 0 radical (unpaired) electrons. The van der Waals surface area contributed by atoms with Crippen molar-refractivity contribution in [1.29, 1.82) is 0 Å². The number of nitrogens with zero attached hydrogens (tertiary/aromatic N) is 2. The van der Waals surface area contributed by atoms with Crippen LogP contribution in [-0.4, -0.2) is 43.5 Å². The summed E-state index contributed by atoms with van der Waals surface area (Å²) in [6.45, 7) is 0.979. The predicted molar refractivity (Wildman–Crippen MR) is 131 cm³/mol. The fourth-order valence-corrected chi connectivity index (χ4v) is 5.97. The van der Waals surface area contributed by atoms with E-state index in [1.165, 1.54) is 22.5 Å². The Morgan fingerprint density at radius 1 is 0.771 bits per heavy atom. The Morgan fingerprint density at radius 2 is 1.43 bits per heavy atom. The van der Waals surface area contributed by atoms with E-state index in [9.17, 15) is 22.8 Å². The lowest BCUT2D eigenvalue weighted by molar-refractivity contribution is 0.0924. The van der Waals surface area contributed by atoms with Crippen molar-refractivity contribution >= 4 is 39.1 Å². The predicted octanol–water partition coefficient (Wildman–Crippen LogP) is 3.91. The van der Waals surface area contributed by atoms with Crippen molar-refractivity contribution < 1.29 is 22.8 Å². The summed E-state index contributed by atoms with van der Waals surface area (Å²) >= 11 is 0. The SMILES string of the molecule is O=C(Nc1cccc(S(=O)(=O)N2CCCCC2)c1)c1cccc(N2C(=O)c3ccccc3C2=O)c1. The highest BCUT2D eigenvalue weighted by Gasteiger charge is 2.36. The number of anilines is 2. The highest BCUT2D eigenvalue weighted by atomic mass is 32.2. The van der Waals surface area contributed by atoms with Gasteiger partial charge in [0.1, 0.15) is 0 Å². The summed E-state index contributed by atoms with van der Waals surface area (Å²) in [6, 6.07) is 18.9. The number of rotatable bonds is 5. The van der Waals surface area contributed by atoms with Crippen LogP contribution in [0.4, 0.5) is 11.4 Å². The number of hydrogen-bond donors (Lipinski definition) is 1. The summed E-state index contributed by atoms with van der Waals surface area (Å²) in [6.07, 6.45) is 2.68. The lowest BCUT2D eigenvalue weighted by Crippen LogP contribution is -2.35. The molecular weight excluding hydrogens is 466 g/mol. The number of benzene rings is 3. The molecule has 2 heterocycles. The van der Waals surface area contributed by atoms with Crippen LogP contribution in [-0.2, 0) is 10.0 Å². The first-order chi connectivity index (χ1) is 16.9. The Morgan fingerprint density at radius 3 is 2.11 bits per heavy atom. The van der Waals surface area contributed by atoms with Crippen molar-refractivity contribution in [3.63, 3.8) is 0 Å². The Kier molecular flexibility index (Phi) is 5.96. The molecule has 0 atom stereocenters. The van der Waals surface area contributed by atoms with E-state index in [0.29, 0.717) is 29.9 Å². The largest absolute Gasteiger partial charge is 0.322 e. The standard InChI is InChI=1S/C26H23N3O5S/c30-24(27-19-9-7-11-21(17-19)35(33,34)28-14-4-1-5-15-28)18-8-6-10-20(16-18)29-25(31)22-12-2-3-13-23(22)26(29)32/h2-3,6-13,16-17H,1,4-5,14-15H2,(H,27,30). The molecular formula is C26H23N3O5S. The molecule has 0 unspecified atom stereocenters. The molecule has 0 spiro atoms. The van der Waals surface area contributed by atoms with E-state index in [-0.39, 0.29) is 16.1 Å². The maximum Gasteiger partial charge on any atom is 0.266 e. The van der Waals surface area contributed by atoms with E-state index in [1.54, 1.807) is 54.6 Å². The summed E-state index contributed by atoms with van der Waals surface area (Å²) in [4.78, 5) is 39.7. The highest BCUT2D eigenvalue weighted by Crippen LogP contribution is 2.29. The Hall–Kier alpha value is -3.82. The van der Waals surface area contributed by atoms with Crippen LogP contribution in [0.5, 0.6) is 0 Å². The third-order valence-electron chi connectivity index (χ3n) is 6.21. The molecule has 1 N–H and O–H groups in total. The molecule has 1 fully saturated rings. The average molecular weight is 490 g/mol. The molecule has 2 aliphatic rings. The lowest BCUT2D eigenvalue weighted by Gasteiger charge is -2.26. The summed E-state index contributed by atoms with van der Waals surface area (Å²) in [7, 11) is -3.64. The van der Waals surface area contributed by atoms with Gasteiger partial charge < -0.3 is 5.32 Å². The van der Waals surface area contributed by atoms with Gasteiger partial charge in [0.25, 0.3) is 17.7 Å². The van der Waals surface area contributed by atoms with Crippen LogP contribution in [0.2, 0.25) is 0 Å². The summed E-state index contributed by atoms with van der Waals surface area (Å²) in [5.74, 6) is -1.38. The minimum Gasteiger partial charge on any atom is -0.322 e. The number of piperidine rings is 1. The third kappa shape index (κ3) is 4.24. The molecule has 3 aromatic carbocycles. The van der Waals surface area contributed by atoms with E-state index in [0.717, 1.165) is 24.2 Å². The van der Waals surface area contributed by atoms with Gasteiger partial charge >= 0.3 is 0 Å². The molecule has 3 amide bonds. The van der Waals surface area contributed by atoms with Gasteiger partial charge in [0.15, 0.2) is 0 Å². The van der Waals surface area contributed by atoms with Crippen molar-refractivity contribution in [2.24, 2.45) is 0 Å². The Bertz CT molecular complexity index is 1410. The van der Waals surface area contributed by atoms with Gasteiger partial charge in [-0.15, -0.1) is 0 Å². The van der Waals surface area contributed by atoms with E-state index >= 15 is 0 Å². The molecule has 0 saturated carbocycles. The number of imide groups is 1. The summed E-state index contributed by atoms with van der Waals surface area (Å²) in [5, 5.41) is 2.72. The van der Waals surface area contributed by atoms with E-state index < -0.39 is 27.7 Å². The number of amides is 3. The lowest BCUT2D eigenvalue weighted by atomic mass is 10.1. The zero-order valence-electron chi connectivity index (χ0n) is 18.8. The highest BCUT2D eigenvalue weighted by molar-refractivity contribution is 7.89. The van der Waals surface area contributed by atoms with Gasteiger partial charge in [0, 0.05) is 24.3 Å². The second-order valence-corrected chi connectivity index (χ2v) is 10.4. The first-order valence-electron chi connectivity index (χ1n) is 11.4. The van der Waals surface area contributed by atoms with Crippen LogP contribution in [0.25, 0.3) is 0 Å². The number of sulfonamides is 1. The molecule has 5 rings (SSSR count). The van der Waals surface area contributed by atoms with Crippen molar-refractivity contribution in [3.05, 3.63) is 89.5 Å². The molecule has 35 heavy (non-hydrogen) atoms. The summed E-state index contributed by atoms with van der Waals surface area (Å²) in [5.41, 5.74) is 1.48. The molecule has 0 aliphatic carbocycles. The quantitative estimate of drug-likeness (QED) is 0.547. The first kappa shape index (κ1) is 22.9. The maximum atomic E-state index is 13.0. The molecule has 0 aromatic heterocycles. The summed E-state index contributed by atoms with van der Waals surface area (Å²) < 4.78 is 27.4. The molecule has 178 valence electrons. The molecule has 8 nitrogen and oxygen atoms in total. The van der Waals surface area contributed by atoms with Crippen molar-refractivity contribution in [1.82, 2.24) is 4.31 Å². The maximum absolute atomic E-state index is 13.0. The normalized spacial score (nSPS) is 16.3. The van der Waals surface area contributed by atoms with Crippen LogP contribution in [0, 0.1) is 0 Å². The minimum absolute atomic E-state index is 0.122. The van der Waals surface area contributed by atoms with Crippen LogP contribution in [0.15, 0.2) is 77.7 Å². The smallest absolute Gasteiger partial charge is 0.266 e. The fourth-order valence-electron chi connectivity index (χ4n) is 4.40. The molecule has 3 aromatic rings. The average Bonchev–Trinajstić information content (AvgIpc) is 3.14. The zero-order valence-corrected chi connectivity index (χ0v) is 19.6. The van der Waals surface area contributed by atoms with Crippen molar-refractivity contribution in [2.45, 2.75) is 24.2 Å². The minimum atomic E-state index is -3.64. The van der Waals surface area contributed by atoms with Crippen molar-refractivity contribution in [2.75, 3.05) is 23.3 Å². The number of nitrogens with one attached hydrogen (secondary N) is 1. The van der Waals surface area contributed by atoms with Gasteiger partial charge in [-0.1, -0.05) is 30.7 Å². The van der Waals surface area contributed by atoms with Crippen LogP contribution in [0.3, 0.4) is 0 Å². The molecule has 0 bridgehead atoms. The first-order valence-corrected chi connectivity index (χ1v) is 12.8. The topological polar surface area (TPSA) is 104 Å². The molecule has 1 saturated heterocycles. The van der Waals surface area contributed by atoms with Gasteiger partial charge in [0.2, 0.25) is 10.0 Å². The van der Waals surface area contributed by atoms with Gasteiger partial charge in [-0.05, 0) is 61.4 Å². The fraction of sp³-hybridized carbons (Fsp3) is 0.192. The molecule has 2 aliphatic heterocycles. The van der Waals surface area contributed by atoms with Crippen molar-refractivity contribution in [3.8, 4) is 0 Å². The van der Waals surface area contributed by atoms with Crippen LogP contribution < -0.4 is 10.2 Å². The Labute approximate surface area is 203 Å². The van der Waals surface area contributed by atoms with Gasteiger partial charge in [-0.2, -0.15) is 4.31 Å². The van der Waals surface area contributed by atoms with E-state index in [2.05, 4.69) is 5.32 Å². The third-order valence-corrected chi connectivity index (χ3v) is 8.10. The number of fused-ring (bicyclic) bond motifs is 1. The number of carbonyl (C=O) groups excluding carboxylic acids is 3. The second-order valence-electron chi connectivity index (χ2n) is 8.49. The van der Waals surface area contributed by atoms with E-state index in [4.69, 9.17) is 0 Å². The Balaban J connectivity index is 1.37. The number of carbonyl (C=O) groups is 3.